The van der Waals surface area contributed by atoms with Crippen LogP contribution in [-0.4, -0.2) is 62.2 Å². The van der Waals surface area contributed by atoms with Gasteiger partial charge in [-0.3, -0.25) is 4.90 Å². The van der Waals surface area contributed by atoms with Crippen LogP contribution in [0.2, 0.25) is 0 Å². The topological polar surface area (TPSA) is 41.9 Å². The molecule has 1 saturated heterocycles. The molecule has 0 aromatic carbocycles. The van der Waals surface area contributed by atoms with E-state index in [1.165, 1.54) is 12.8 Å². The van der Waals surface area contributed by atoms with Crippen molar-refractivity contribution in [2.24, 2.45) is 5.92 Å². The van der Waals surface area contributed by atoms with Crippen molar-refractivity contribution in [3.63, 3.8) is 0 Å². The third-order valence-corrected chi connectivity index (χ3v) is 3.32. The average Bonchev–Trinajstić information content (AvgIpc) is 2.97. The molecule has 0 aromatic rings. The Bertz CT molecular complexity index is 200. The molecule has 2 fully saturated rings. The number of hydrogen-bond acceptors (Lipinski definition) is 4. The predicted molar refractivity (Wildman–Crippen MR) is 56.8 cm³/mol. The van der Waals surface area contributed by atoms with E-state index in [2.05, 4.69) is 4.90 Å². The van der Waals surface area contributed by atoms with E-state index in [-0.39, 0.29) is 5.60 Å². The summed E-state index contributed by atoms with van der Waals surface area (Å²) in [6.45, 7) is 4.67. The number of methoxy groups -OCH3 is 1. The zero-order valence-electron chi connectivity index (χ0n) is 9.45. The molecule has 1 heterocycles. The summed E-state index contributed by atoms with van der Waals surface area (Å²) in [7, 11) is 1.68. The van der Waals surface area contributed by atoms with E-state index in [0.29, 0.717) is 19.1 Å². The van der Waals surface area contributed by atoms with Crippen LogP contribution in [0.15, 0.2) is 0 Å². The number of likely N-dealkylation sites (tertiary alicyclic amines) is 1. The molecule has 2 rings (SSSR count). The lowest BCUT2D eigenvalue weighted by Crippen LogP contribution is -2.63. The van der Waals surface area contributed by atoms with Crippen molar-refractivity contribution >= 4 is 0 Å². The molecular weight excluding hydrogens is 194 g/mol. The Morgan fingerprint density at radius 2 is 2.00 bits per heavy atom. The molecule has 0 bridgehead atoms. The van der Waals surface area contributed by atoms with Gasteiger partial charge in [-0.15, -0.1) is 0 Å². The van der Waals surface area contributed by atoms with Gasteiger partial charge in [0.1, 0.15) is 0 Å². The molecule has 15 heavy (non-hydrogen) atoms. The number of β-amino-alcohol motifs (C(OH)–C–C–N with tert-alkyl or cyclic N) is 1. The average molecular weight is 215 g/mol. The molecule has 0 unspecified atom stereocenters. The quantitative estimate of drug-likeness (QED) is 0.612. The van der Waals surface area contributed by atoms with E-state index >= 15 is 0 Å². The first kappa shape index (κ1) is 11.3. The number of aliphatic hydroxyl groups is 1. The van der Waals surface area contributed by atoms with E-state index < -0.39 is 0 Å². The highest BCUT2D eigenvalue weighted by molar-refractivity contribution is 5.05. The number of rotatable bonds is 7. The molecule has 0 amide bonds. The fourth-order valence-corrected chi connectivity index (χ4v) is 2.20. The van der Waals surface area contributed by atoms with E-state index in [9.17, 15) is 5.11 Å². The van der Waals surface area contributed by atoms with Crippen molar-refractivity contribution in [2.75, 3.05) is 46.6 Å². The first-order valence-electron chi connectivity index (χ1n) is 5.76. The van der Waals surface area contributed by atoms with Gasteiger partial charge in [0.2, 0.25) is 0 Å². The highest BCUT2D eigenvalue weighted by Gasteiger charge is 2.51. The molecule has 0 aromatic heterocycles. The van der Waals surface area contributed by atoms with E-state index in [1.54, 1.807) is 7.11 Å². The second-order valence-electron chi connectivity index (χ2n) is 4.69. The summed E-state index contributed by atoms with van der Waals surface area (Å²) in [6.07, 6.45) is 2.43. The zero-order valence-corrected chi connectivity index (χ0v) is 9.45. The molecular formula is C11H21NO3. The van der Waals surface area contributed by atoms with Crippen molar-refractivity contribution in [3.8, 4) is 0 Å². The van der Waals surface area contributed by atoms with E-state index in [4.69, 9.17) is 9.47 Å². The van der Waals surface area contributed by atoms with Crippen LogP contribution < -0.4 is 0 Å². The van der Waals surface area contributed by atoms with Crippen molar-refractivity contribution in [2.45, 2.75) is 18.4 Å². The lowest BCUT2D eigenvalue weighted by atomic mass is 9.89. The van der Waals surface area contributed by atoms with Crippen LogP contribution in [0.1, 0.15) is 12.8 Å². The number of ether oxygens (including phenoxy) is 2. The van der Waals surface area contributed by atoms with Crippen molar-refractivity contribution in [1.29, 1.82) is 0 Å². The lowest BCUT2D eigenvalue weighted by Gasteiger charge is -2.47. The van der Waals surface area contributed by atoms with Gasteiger partial charge in [-0.2, -0.15) is 0 Å². The number of nitrogens with zero attached hydrogens (tertiary/aromatic N) is 1. The summed E-state index contributed by atoms with van der Waals surface area (Å²) in [5.74, 6) is 0.586. The molecule has 1 saturated carbocycles. The largest absolute Gasteiger partial charge is 0.387 e. The molecule has 1 N–H and O–H groups in total. The second kappa shape index (κ2) is 4.78. The van der Waals surface area contributed by atoms with Gasteiger partial charge in [0.25, 0.3) is 0 Å². The SMILES string of the molecule is COCCOCCN1CC(O)(C2CC2)C1. The van der Waals surface area contributed by atoms with Crippen molar-refractivity contribution in [3.05, 3.63) is 0 Å². The maximum Gasteiger partial charge on any atom is 0.0928 e. The highest BCUT2D eigenvalue weighted by atomic mass is 16.5. The summed E-state index contributed by atoms with van der Waals surface area (Å²) in [5, 5.41) is 10.1. The fourth-order valence-electron chi connectivity index (χ4n) is 2.20. The maximum atomic E-state index is 10.1. The van der Waals surface area contributed by atoms with E-state index in [1.807, 2.05) is 0 Å². The Morgan fingerprint density at radius 1 is 1.27 bits per heavy atom. The minimum Gasteiger partial charge on any atom is -0.387 e. The molecule has 1 aliphatic heterocycles. The Labute approximate surface area is 91.2 Å². The molecule has 1 aliphatic carbocycles. The Morgan fingerprint density at radius 3 is 2.60 bits per heavy atom. The van der Waals surface area contributed by atoms with Crippen LogP contribution in [0.3, 0.4) is 0 Å². The van der Waals surface area contributed by atoms with Gasteiger partial charge >= 0.3 is 0 Å². The summed E-state index contributed by atoms with van der Waals surface area (Å²) in [6, 6.07) is 0. The fraction of sp³-hybridized carbons (Fsp3) is 1.00. The van der Waals surface area contributed by atoms with Gasteiger partial charge in [-0.1, -0.05) is 0 Å². The Balaban J connectivity index is 1.48. The monoisotopic (exact) mass is 215 g/mol. The van der Waals surface area contributed by atoms with Gasteiger partial charge in [0.05, 0.1) is 25.4 Å². The molecule has 0 atom stereocenters. The smallest absolute Gasteiger partial charge is 0.0928 e. The molecule has 4 heteroatoms. The van der Waals surface area contributed by atoms with Crippen LogP contribution in [0.25, 0.3) is 0 Å². The van der Waals surface area contributed by atoms with Crippen LogP contribution in [-0.2, 0) is 9.47 Å². The molecule has 0 radical (unpaired) electrons. The van der Waals surface area contributed by atoms with Crippen molar-refractivity contribution in [1.82, 2.24) is 4.90 Å². The normalized spacial score (nSPS) is 25.2. The standard InChI is InChI=1S/C11H21NO3/c1-14-6-7-15-5-4-12-8-11(13,9-12)10-2-3-10/h10,13H,2-9H2,1H3. The van der Waals surface area contributed by atoms with Gasteiger partial charge in [0.15, 0.2) is 0 Å². The van der Waals surface area contributed by atoms with Crippen LogP contribution in [0.4, 0.5) is 0 Å². The number of hydrogen-bond donors (Lipinski definition) is 1. The van der Waals surface area contributed by atoms with Gasteiger partial charge < -0.3 is 14.6 Å². The molecule has 88 valence electrons. The third-order valence-electron chi connectivity index (χ3n) is 3.32. The maximum absolute atomic E-state index is 10.1. The molecule has 2 aliphatic rings. The minimum absolute atomic E-state index is 0.355. The minimum atomic E-state index is -0.355. The Kier molecular flexibility index (Phi) is 3.61. The first-order valence-corrected chi connectivity index (χ1v) is 5.76. The van der Waals surface area contributed by atoms with Gasteiger partial charge in [-0.05, 0) is 18.8 Å². The van der Waals surface area contributed by atoms with Crippen LogP contribution >= 0.6 is 0 Å². The molecule has 0 spiro atoms. The summed E-state index contributed by atoms with van der Waals surface area (Å²) < 4.78 is 10.3. The summed E-state index contributed by atoms with van der Waals surface area (Å²) >= 11 is 0. The highest BCUT2D eigenvalue weighted by Crippen LogP contribution is 2.44. The van der Waals surface area contributed by atoms with Gasteiger partial charge in [-0.25, -0.2) is 0 Å². The summed E-state index contributed by atoms with van der Waals surface area (Å²) in [4.78, 5) is 2.26. The van der Waals surface area contributed by atoms with Crippen LogP contribution in [0.5, 0.6) is 0 Å². The van der Waals surface area contributed by atoms with Gasteiger partial charge in [0, 0.05) is 26.7 Å². The molecule has 4 nitrogen and oxygen atoms in total. The summed E-state index contributed by atoms with van der Waals surface area (Å²) in [5.41, 5.74) is -0.355. The van der Waals surface area contributed by atoms with Crippen molar-refractivity contribution < 1.29 is 14.6 Å². The van der Waals surface area contributed by atoms with E-state index in [0.717, 1.165) is 26.2 Å². The first-order chi connectivity index (χ1) is 7.24. The predicted octanol–water partition coefficient (Wildman–Crippen LogP) is 0.106. The lowest BCUT2D eigenvalue weighted by molar-refractivity contribution is -0.118. The third kappa shape index (κ3) is 2.91. The second-order valence-corrected chi connectivity index (χ2v) is 4.69. The zero-order chi connectivity index (χ0) is 10.7. The van der Waals surface area contributed by atoms with Crippen LogP contribution in [0, 0.1) is 5.92 Å². The Hall–Kier alpha value is -0.160.